The topological polar surface area (TPSA) is 88.0 Å². The highest BCUT2D eigenvalue weighted by molar-refractivity contribution is 8.29. The molecular formula is C23H20N2O4S. The van der Waals surface area contributed by atoms with E-state index in [1.807, 2.05) is 36.4 Å². The number of hydrogen-bond acceptors (Lipinski definition) is 4. The lowest BCUT2D eigenvalue weighted by Crippen LogP contribution is -2.20. The van der Waals surface area contributed by atoms with Crippen LogP contribution < -0.4 is 10.1 Å². The first-order valence-electron chi connectivity index (χ1n) is 9.33. The number of carboxylic acid groups (broad SMARTS) is 1. The zero-order chi connectivity index (χ0) is 21.1. The van der Waals surface area contributed by atoms with Crippen LogP contribution in [0, 0.1) is 0 Å². The largest absolute Gasteiger partial charge is 0.496 e. The highest BCUT2D eigenvalue weighted by Gasteiger charge is 2.21. The number of fused-ring (bicyclic) bond motifs is 1. The van der Waals surface area contributed by atoms with Crippen molar-refractivity contribution < 1.29 is 19.4 Å². The number of ether oxygens (including phenoxy) is 1. The van der Waals surface area contributed by atoms with Gasteiger partial charge in [-0.15, -0.1) is 10.5 Å². The van der Waals surface area contributed by atoms with Crippen LogP contribution in [0.5, 0.6) is 5.75 Å². The van der Waals surface area contributed by atoms with E-state index in [1.54, 1.807) is 31.4 Å². The zero-order valence-electron chi connectivity index (χ0n) is 16.3. The molecule has 1 aliphatic rings. The Morgan fingerprint density at radius 3 is 2.57 bits per heavy atom. The summed E-state index contributed by atoms with van der Waals surface area (Å²) in [5.74, 6) is 0.228. The van der Waals surface area contributed by atoms with Gasteiger partial charge in [0.1, 0.15) is 5.75 Å². The maximum atomic E-state index is 12.1. The van der Waals surface area contributed by atoms with Crippen LogP contribution in [0.3, 0.4) is 0 Å². The third-order valence-corrected chi connectivity index (χ3v) is 6.51. The second-order valence-corrected chi connectivity index (χ2v) is 8.56. The molecule has 7 heteroatoms. The van der Waals surface area contributed by atoms with Gasteiger partial charge in [-0.25, -0.2) is 4.99 Å². The number of hydrogen-bond donors (Lipinski definition) is 2. The van der Waals surface area contributed by atoms with Crippen molar-refractivity contribution in [2.75, 3.05) is 12.9 Å². The summed E-state index contributed by atoms with van der Waals surface area (Å²) >= 11 is 0. The lowest BCUT2D eigenvalue weighted by Gasteiger charge is -2.09. The number of amidine groups is 1. The van der Waals surface area contributed by atoms with E-state index in [2.05, 4.69) is 15.7 Å². The van der Waals surface area contributed by atoms with Gasteiger partial charge in [0.15, 0.2) is 5.17 Å². The second-order valence-electron chi connectivity index (χ2n) is 6.80. The molecule has 1 amide bonds. The maximum Gasteiger partial charge on any atom is 0.307 e. The van der Waals surface area contributed by atoms with Gasteiger partial charge in [-0.05, 0) is 40.1 Å². The summed E-state index contributed by atoms with van der Waals surface area (Å²) in [6.45, 7) is 0. The van der Waals surface area contributed by atoms with E-state index < -0.39 is 16.5 Å². The van der Waals surface area contributed by atoms with Crippen LogP contribution in [0.4, 0.5) is 5.69 Å². The van der Waals surface area contributed by atoms with E-state index >= 15 is 0 Å². The summed E-state index contributed by atoms with van der Waals surface area (Å²) in [7, 11) is 1.16. The normalized spacial score (nSPS) is 17.4. The Balaban J connectivity index is 1.71. The molecule has 0 spiro atoms. The predicted molar refractivity (Wildman–Crippen MR) is 121 cm³/mol. The van der Waals surface area contributed by atoms with Crippen LogP contribution in [0.2, 0.25) is 0 Å². The van der Waals surface area contributed by atoms with Crippen molar-refractivity contribution in [3.05, 3.63) is 71.8 Å². The van der Waals surface area contributed by atoms with Gasteiger partial charge in [-0.1, -0.05) is 42.5 Å². The van der Waals surface area contributed by atoms with E-state index in [9.17, 15) is 9.59 Å². The van der Waals surface area contributed by atoms with Gasteiger partial charge in [-0.2, -0.15) is 0 Å². The number of aliphatic imine (C=N–C) groups is 1. The highest BCUT2D eigenvalue weighted by atomic mass is 32.2. The van der Waals surface area contributed by atoms with Crippen molar-refractivity contribution in [3.8, 4) is 5.75 Å². The van der Waals surface area contributed by atoms with Gasteiger partial charge in [-0.3, -0.25) is 9.59 Å². The number of methoxy groups -OCH3 is 1. The lowest BCUT2D eigenvalue weighted by atomic mass is 10.1. The van der Waals surface area contributed by atoms with Crippen molar-refractivity contribution in [2.45, 2.75) is 6.42 Å². The number of aliphatic carboxylic acids is 1. The minimum atomic E-state index is -0.875. The van der Waals surface area contributed by atoms with Crippen LogP contribution in [0.15, 0.2) is 65.7 Å². The first kappa shape index (κ1) is 19.8. The number of carbonyl (C=O) groups is 2. The number of nitrogens with zero attached hydrogens (tertiary/aromatic N) is 1. The van der Waals surface area contributed by atoms with Gasteiger partial charge in [0, 0.05) is 5.39 Å². The summed E-state index contributed by atoms with van der Waals surface area (Å²) in [5.41, 5.74) is 2.40. The Bertz CT molecular complexity index is 1200. The number of carbonyl (C=O) groups excluding carboxylic acids is 1. The molecule has 0 aromatic heterocycles. The second kappa shape index (κ2) is 8.51. The molecule has 2 N–H and O–H groups in total. The highest BCUT2D eigenvalue weighted by Crippen LogP contribution is 2.30. The van der Waals surface area contributed by atoms with Gasteiger partial charge in [0.2, 0.25) is 5.91 Å². The maximum absolute atomic E-state index is 12.1. The molecule has 6 nitrogen and oxygen atoms in total. The molecule has 4 rings (SSSR count). The summed E-state index contributed by atoms with van der Waals surface area (Å²) in [5, 5.41) is 16.5. The first-order valence-corrected chi connectivity index (χ1v) is 10.8. The molecule has 1 aliphatic heterocycles. The summed E-state index contributed by atoms with van der Waals surface area (Å²) < 4.78 is 5.46. The van der Waals surface area contributed by atoms with Gasteiger partial charge in [0.05, 0.1) is 25.0 Å². The van der Waals surface area contributed by atoms with Crippen molar-refractivity contribution in [1.82, 2.24) is 5.32 Å². The molecule has 0 bridgehead atoms. The molecular weight excluding hydrogens is 400 g/mol. The molecule has 1 atom stereocenters. The molecule has 3 aromatic rings. The minimum Gasteiger partial charge on any atom is -0.496 e. The van der Waals surface area contributed by atoms with E-state index in [4.69, 9.17) is 9.84 Å². The molecule has 3 aromatic carbocycles. The van der Waals surface area contributed by atoms with Crippen LogP contribution in [0.25, 0.3) is 10.8 Å². The van der Waals surface area contributed by atoms with E-state index in [-0.39, 0.29) is 12.3 Å². The Morgan fingerprint density at radius 2 is 1.87 bits per heavy atom. The smallest absolute Gasteiger partial charge is 0.307 e. The number of amides is 1. The third kappa shape index (κ3) is 4.26. The van der Waals surface area contributed by atoms with Crippen molar-refractivity contribution >= 4 is 49.4 Å². The van der Waals surface area contributed by atoms with Crippen molar-refractivity contribution in [1.29, 1.82) is 0 Å². The quantitative estimate of drug-likeness (QED) is 0.616. The average Bonchev–Trinajstić information content (AvgIpc) is 3.08. The number of rotatable bonds is 5. The molecule has 0 aliphatic carbocycles. The molecule has 30 heavy (non-hydrogen) atoms. The van der Waals surface area contributed by atoms with Crippen LogP contribution >= 0.6 is 10.5 Å². The van der Waals surface area contributed by atoms with Gasteiger partial charge >= 0.3 is 5.97 Å². The number of nitrogens with one attached hydrogen (secondary N) is 1. The minimum absolute atomic E-state index is 0.0315. The van der Waals surface area contributed by atoms with Gasteiger partial charge < -0.3 is 15.2 Å². The number of benzene rings is 3. The van der Waals surface area contributed by atoms with E-state index in [1.165, 1.54) is 0 Å². The molecule has 1 unspecified atom stereocenters. The molecule has 1 fully saturated rings. The molecule has 0 saturated carbocycles. The average molecular weight is 420 g/mol. The standard InChI is InChI=1S/C23H20N2O4S/c1-29-20-11-8-16(18-4-2-3-5-19(18)20)13-30-14-21(26)25-23(30)24-17-9-6-15(7-10-17)12-22(27)28/h2-11,13H,12,14H2,1H3,(H,27,28)(H,24,25,26). The summed E-state index contributed by atoms with van der Waals surface area (Å²) in [6.07, 6.45) is -0.0315. The Hall–Kier alpha value is -3.45. The monoisotopic (exact) mass is 420 g/mol. The molecule has 1 saturated heterocycles. The fourth-order valence-corrected chi connectivity index (χ4v) is 4.99. The molecule has 152 valence electrons. The number of carboxylic acids is 1. The zero-order valence-corrected chi connectivity index (χ0v) is 17.1. The van der Waals surface area contributed by atoms with Crippen molar-refractivity contribution in [2.24, 2.45) is 4.99 Å². The van der Waals surface area contributed by atoms with Crippen LogP contribution in [-0.4, -0.2) is 40.4 Å². The van der Waals surface area contributed by atoms with E-state index in [0.29, 0.717) is 22.2 Å². The summed E-state index contributed by atoms with van der Waals surface area (Å²) in [6, 6.07) is 18.9. The predicted octanol–water partition coefficient (Wildman–Crippen LogP) is 3.71. The summed E-state index contributed by atoms with van der Waals surface area (Å²) in [4.78, 5) is 27.5. The third-order valence-electron chi connectivity index (χ3n) is 4.71. The SMILES string of the molecule is COc1ccc(/C=S2/CC(=O)NC2=Nc2ccc(CC(=O)O)cc2)c2ccccc12. The van der Waals surface area contributed by atoms with Crippen LogP contribution in [-0.2, 0) is 16.0 Å². The Morgan fingerprint density at radius 1 is 1.13 bits per heavy atom. The fraction of sp³-hybridized carbons (Fsp3) is 0.130. The van der Waals surface area contributed by atoms with Gasteiger partial charge in [0.25, 0.3) is 0 Å². The molecule has 1 heterocycles. The molecule has 0 radical (unpaired) electrons. The van der Waals surface area contributed by atoms with E-state index in [0.717, 1.165) is 22.1 Å². The Labute approximate surface area is 176 Å². The first-order chi connectivity index (χ1) is 14.5. The van der Waals surface area contributed by atoms with Crippen LogP contribution in [0.1, 0.15) is 11.1 Å². The van der Waals surface area contributed by atoms with Crippen molar-refractivity contribution in [3.63, 3.8) is 0 Å². The Kier molecular flexibility index (Phi) is 5.63. The fourth-order valence-electron chi connectivity index (χ4n) is 3.32. The lowest BCUT2D eigenvalue weighted by molar-refractivity contribution is -0.136.